The highest BCUT2D eigenvalue weighted by atomic mass is 16.5. The third kappa shape index (κ3) is 5.49. The molecule has 2 aromatic carbocycles. The average molecular weight is 381 g/mol. The molecule has 1 heterocycles. The zero-order chi connectivity index (χ0) is 19.8. The lowest BCUT2D eigenvalue weighted by atomic mass is 10.2. The lowest BCUT2D eigenvalue weighted by Gasteiger charge is -2.22. The zero-order valence-corrected chi connectivity index (χ0v) is 16.2. The van der Waals surface area contributed by atoms with Gasteiger partial charge in [-0.2, -0.15) is 0 Å². The minimum Gasteiger partial charge on any atom is -0.450 e. The summed E-state index contributed by atoms with van der Waals surface area (Å²) in [7, 11) is 0. The molecule has 148 valence electrons. The van der Waals surface area contributed by atoms with E-state index >= 15 is 0 Å². The van der Waals surface area contributed by atoms with Gasteiger partial charge in [-0.25, -0.2) is 4.79 Å². The predicted molar refractivity (Wildman–Crippen MR) is 112 cm³/mol. The summed E-state index contributed by atoms with van der Waals surface area (Å²) in [6.07, 6.45) is 4.57. The third-order valence-corrected chi connectivity index (χ3v) is 4.77. The van der Waals surface area contributed by atoms with Crippen molar-refractivity contribution < 1.29 is 14.3 Å². The molecule has 6 nitrogen and oxygen atoms in total. The van der Waals surface area contributed by atoms with Crippen LogP contribution in [0.1, 0.15) is 43.0 Å². The van der Waals surface area contributed by atoms with E-state index in [2.05, 4.69) is 27.7 Å². The van der Waals surface area contributed by atoms with Crippen LogP contribution in [0.4, 0.5) is 21.9 Å². The molecule has 2 N–H and O–H groups in total. The second kappa shape index (κ2) is 9.78. The Morgan fingerprint density at radius 2 is 1.43 bits per heavy atom. The summed E-state index contributed by atoms with van der Waals surface area (Å²) in [5, 5.41) is 5.51. The number of anilines is 3. The summed E-state index contributed by atoms with van der Waals surface area (Å²) >= 11 is 0. The van der Waals surface area contributed by atoms with E-state index < -0.39 is 6.09 Å². The van der Waals surface area contributed by atoms with E-state index in [0.717, 1.165) is 18.8 Å². The highest BCUT2D eigenvalue weighted by molar-refractivity contribution is 6.04. The van der Waals surface area contributed by atoms with Crippen LogP contribution in [-0.2, 0) is 4.74 Å². The first-order valence-corrected chi connectivity index (χ1v) is 9.86. The summed E-state index contributed by atoms with van der Waals surface area (Å²) in [5.74, 6) is -0.190. The van der Waals surface area contributed by atoms with Crippen molar-refractivity contribution in [2.24, 2.45) is 0 Å². The fraction of sp³-hybridized carbons (Fsp3) is 0.364. The highest BCUT2D eigenvalue weighted by Gasteiger charge is 2.11. The van der Waals surface area contributed by atoms with Gasteiger partial charge in [0, 0.05) is 35.7 Å². The molecule has 6 heteroatoms. The molecular weight excluding hydrogens is 354 g/mol. The lowest BCUT2D eigenvalue weighted by molar-refractivity contribution is 0.102. The molecule has 2 amide bonds. The summed E-state index contributed by atoms with van der Waals surface area (Å²) in [6.45, 7) is 4.24. The van der Waals surface area contributed by atoms with Crippen molar-refractivity contribution in [1.82, 2.24) is 0 Å². The Kier molecular flexibility index (Phi) is 6.89. The molecule has 0 spiro atoms. The number of nitrogens with one attached hydrogen (secondary N) is 2. The topological polar surface area (TPSA) is 70.7 Å². The standard InChI is InChI=1S/C22H27N3O3/c1-2-28-22(27)24-19-9-7-17(8-10-19)21(26)23-18-11-13-20(14-12-18)25-15-5-3-4-6-16-25/h7-14H,2-6,15-16H2,1H3,(H,23,26)(H,24,27). The van der Waals surface area contributed by atoms with Gasteiger partial charge in [-0.05, 0) is 68.3 Å². The number of hydrogen-bond acceptors (Lipinski definition) is 4. The summed E-state index contributed by atoms with van der Waals surface area (Å²) in [5.41, 5.74) is 3.06. The normalized spacial score (nSPS) is 14.1. The molecule has 2 aromatic rings. The Morgan fingerprint density at radius 3 is 2.04 bits per heavy atom. The molecule has 1 saturated heterocycles. The number of benzene rings is 2. The van der Waals surface area contributed by atoms with E-state index in [1.165, 1.54) is 31.4 Å². The van der Waals surface area contributed by atoms with E-state index in [-0.39, 0.29) is 5.91 Å². The van der Waals surface area contributed by atoms with Gasteiger partial charge in [0.25, 0.3) is 5.91 Å². The number of carbonyl (C=O) groups excluding carboxylic acids is 2. The number of nitrogens with zero attached hydrogens (tertiary/aromatic N) is 1. The van der Waals surface area contributed by atoms with Crippen molar-refractivity contribution in [3.63, 3.8) is 0 Å². The van der Waals surface area contributed by atoms with E-state index in [0.29, 0.717) is 17.9 Å². The molecule has 0 aliphatic carbocycles. The van der Waals surface area contributed by atoms with Crippen LogP contribution in [0.5, 0.6) is 0 Å². The van der Waals surface area contributed by atoms with E-state index in [1.807, 2.05) is 12.1 Å². The van der Waals surface area contributed by atoms with Crippen LogP contribution in [-0.4, -0.2) is 31.7 Å². The van der Waals surface area contributed by atoms with Crippen molar-refractivity contribution in [1.29, 1.82) is 0 Å². The summed E-state index contributed by atoms with van der Waals surface area (Å²) < 4.78 is 4.83. The van der Waals surface area contributed by atoms with E-state index in [9.17, 15) is 9.59 Å². The third-order valence-electron chi connectivity index (χ3n) is 4.77. The number of hydrogen-bond donors (Lipinski definition) is 2. The molecule has 1 aliphatic rings. The lowest BCUT2D eigenvalue weighted by Crippen LogP contribution is -2.23. The van der Waals surface area contributed by atoms with Crippen molar-refractivity contribution in [2.45, 2.75) is 32.6 Å². The number of rotatable bonds is 5. The van der Waals surface area contributed by atoms with Gasteiger partial charge in [-0.1, -0.05) is 12.8 Å². The maximum atomic E-state index is 12.4. The molecule has 0 aromatic heterocycles. The maximum Gasteiger partial charge on any atom is 0.411 e. The van der Waals surface area contributed by atoms with Crippen LogP contribution in [0.2, 0.25) is 0 Å². The Balaban J connectivity index is 1.57. The van der Waals surface area contributed by atoms with Crippen LogP contribution in [0.25, 0.3) is 0 Å². The average Bonchev–Trinajstić information content (AvgIpc) is 2.99. The van der Waals surface area contributed by atoms with Crippen molar-refractivity contribution in [3.8, 4) is 0 Å². The smallest absolute Gasteiger partial charge is 0.411 e. The van der Waals surface area contributed by atoms with Gasteiger partial charge >= 0.3 is 6.09 Å². The number of ether oxygens (including phenoxy) is 1. The first kappa shape index (κ1) is 19.7. The quantitative estimate of drug-likeness (QED) is 0.774. The molecule has 0 saturated carbocycles. The monoisotopic (exact) mass is 381 g/mol. The van der Waals surface area contributed by atoms with Crippen molar-refractivity contribution >= 4 is 29.1 Å². The van der Waals surface area contributed by atoms with Crippen LogP contribution < -0.4 is 15.5 Å². The van der Waals surface area contributed by atoms with Crippen LogP contribution in [0.15, 0.2) is 48.5 Å². The Hall–Kier alpha value is -3.02. The predicted octanol–water partition coefficient (Wildman–Crippen LogP) is 4.89. The fourth-order valence-corrected chi connectivity index (χ4v) is 3.28. The molecule has 28 heavy (non-hydrogen) atoms. The number of carbonyl (C=O) groups is 2. The maximum absolute atomic E-state index is 12.4. The molecule has 1 fully saturated rings. The van der Waals surface area contributed by atoms with E-state index in [1.54, 1.807) is 31.2 Å². The van der Waals surface area contributed by atoms with Gasteiger partial charge in [0.2, 0.25) is 0 Å². The molecule has 0 atom stereocenters. The van der Waals surface area contributed by atoms with Gasteiger partial charge in [0.15, 0.2) is 0 Å². The zero-order valence-electron chi connectivity index (χ0n) is 16.2. The largest absolute Gasteiger partial charge is 0.450 e. The Morgan fingerprint density at radius 1 is 0.857 bits per heavy atom. The molecule has 0 unspecified atom stereocenters. The Bertz CT molecular complexity index is 780. The van der Waals surface area contributed by atoms with Gasteiger partial charge in [0.05, 0.1) is 6.61 Å². The summed E-state index contributed by atoms with van der Waals surface area (Å²) in [6, 6.07) is 14.7. The Labute approximate surface area is 165 Å². The van der Waals surface area contributed by atoms with Crippen molar-refractivity contribution in [2.75, 3.05) is 35.2 Å². The molecule has 1 aliphatic heterocycles. The molecule has 0 radical (unpaired) electrons. The fourth-order valence-electron chi connectivity index (χ4n) is 3.28. The van der Waals surface area contributed by atoms with Gasteiger partial charge in [-0.3, -0.25) is 10.1 Å². The first-order valence-electron chi connectivity index (χ1n) is 9.86. The van der Waals surface area contributed by atoms with Crippen LogP contribution in [0.3, 0.4) is 0 Å². The number of amides is 2. The molecular formula is C22H27N3O3. The minimum absolute atomic E-state index is 0.190. The second-order valence-corrected chi connectivity index (χ2v) is 6.83. The van der Waals surface area contributed by atoms with Crippen molar-refractivity contribution in [3.05, 3.63) is 54.1 Å². The second-order valence-electron chi connectivity index (χ2n) is 6.83. The molecule has 3 rings (SSSR count). The van der Waals surface area contributed by atoms with Crippen LogP contribution >= 0.6 is 0 Å². The van der Waals surface area contributed by atoms with Gasteiger partial charge in [0.1, 0.15) is 0 Å². The van der Waals surface area contributed by atoms with E-state index in [4.69, 9.17) is 4.74 Å². The SMILES string of the molecule is CCOC(=O)Nc1ccc(C(=O)Nc2ccc(N3CCCCCC3)cc2)cc1. The van der Waals surface area contributed by atoms with Crippen LogP contribution in [0, 0.1) is 0 Å². The summed E-state index contributed by atoms with van der Waals surface area (Å²) in [4.78, 5) is 26.3. The van der Waals surface area contributed by atoms with Gasteiger partial charge < -0.3 is 15.0 Å². The molecule has 0 bridgehead atoms. The first-order chi connectivity index (χ1) is 13.7. The van der Waals surface area contributed by atoms with Gasteiger partial charge in [-0.15, -0.1) is 0 Å². The highest BCUT2D eigenvalue weighted by Crippen LogP contribution is 2.22. The minimum atomic E-state index is -0.510.